The van der Waals surface area contributed by atoms with E-state index in [2.05, 4.69) is 10.2 Å². The molecule has 184 valence electrons. The van der Waals surface area contributed by atoms with Gasteiger partial charge in [0.25, 0.3) is 0 Å². The van der Waals surface area contributed by atoms with Crippen molar-refractivity contribution in [3.05, 3.63) is 35.4 Å². The largest absolute Gasteiger partial charge is 0.470 e. The Labute approximate surface area is 203 Å². The first-order valence-electron chi connectivity index (χ1n) is 11.2. The van der Waals surface area contributed by atoms with Crippen molar-refractivity contribution in [2.45, 2.75) is 57.5 Å². The second kappa shape index (κ2) is 9.92. The molecule has 3 fully saturated rings. The van der Waals surface area contributed by atoms with Crippen molar-refractivity contribution in [3.63, 3.8) is 0 Å². The number of hydrogen-bond acceptors (Lipinski definition) is 7. The van der Waals surface area contributed by atoms with Crippen LogP contribution in [0.25, 0.3) is 11.3 Å². The van der Waals surface area contributed by atoms with E-state index in [1.807, 2.05) is 0 Å². The van der Waals surface area contributed by atoms with Crippen molar-refractivity contribution in [2.75, 3.05) is 20.4 Å². The second-order valence-corrected chi connectivity index (χ2v) is 9.95. The SMILES string of the molecule is COCOc1cc(Cl)ccc1-c1ccc(O[C@H]2C3CCC([C@H]2F)N(C(=O)OC(C)(C)C)C3)nn1. The van der Waals surface area contributed by atoms with Gasteiger partial charge >= 0.3 is 6.09 Å². The van der Waals surface area contributed by atoms with Crippen molar-refractivity contribution in [1.82, 2.24) is 15.1 Å². The number of rotatable bonds is 6. The van der Waals surface area contributed by atoms with Crippen LogP contribution in [0.4, 0.5) is 9.18 Å². The highest BCUT2D eigenvalue weighted by molar-refractivity contribution is 6.30. The lowest BCUT2D eigenvalue weighted by atomic mass is 9.76. The summed E-state index contributed by atoms with van der Waals surface area (Å²) in [7, 11) is 1.53. The van der Waals surface area contributed by atoms with Gasteiger partial charge in [0.1, 0.15) is 17.5 Å². The Bertz CT molecular complexity index is 1010. The fourth-order valence-corrected chi connectivity index (χ4v) is 4.57. The quantitative estimate of drug-likeness (QED) is 0.529. The summed E-state index contributed by atoms with van der Waals surface area (Å²) in [5.41, 5.74) is 0.604. The average molecular weight is 494 g/mol. The molecule has 2 aromatic rings. The lowest BCUT2D eigenvalue weighted by Crippen LogP contribution is -2.64. The van der Waals surface area contributed by atoms with Gasteiger partial charge in [-0.3, -0.25) is 0 Å². The van der Waals surface area contributed by atoms with Crippen LogP contribution >= 0.6 is 11.6 Å². The van der Waals surface area contributed by atoms with Gasteiger partial charge in [-0.05, 0) is 57.9 Å². The van der Waals surface area contributed by atoms with E-state index in [1.165, 1.54) is 12.0 Å². The minimum absolute atomic E-state index is 0.0599. The molecule has 0 radical (unpaired) electrons. The van der Waals surface area contributed by atoms with Crippen LogP contribution in [0.15, 0.2) is 30.3 Å². The third kappa shape index (κ3) is 5.36. The number of methoxy groups -OCH3 is 1. The van der Waals surface area contributed by atoms with Crippen LogP contribution in [-0.2, 0) is 9.47 Å². The van der Waals surface area contributed by atoms with Crippen molar-refractivity contribution >= 4 is 17.7 Å². The Kier molecular flexibility index (Phi) is 7.14. The van der Waals surface area contributed by atoms with E-state index in [1.54, 1.807) is 51.1 Å². The molecule has 1 aliphatic carbocycles. The van der Waals surface area contributed by atoms with Gasteiger partial charge < -0.3 is 23.8 Å². The molecule has 2 saturated heterocycles. The zero-order valence-electron chi connectivity index (χ0n) is 19.7. The first-order valence-corrected chi connectivity index (χ1v) is 11.6. The van der Waals surface area contributed by atoms with Gasteiger partial charge in [-0.25, -0.2) is 9.18 Å². The van der Waals surface area contributed by atoms with Crippen molar-refractivity contribution in [1.29, 1.82) is 0 Å². The average Bonchev–Trinajstić information content (AvgIpc) is 2.79. The van der Waals surface area contributed by atoms with Crippen LogP contribution in [-0.4, -0.2) is 65.6 Å². The minimum atomic E-state index is -1.34. The third-order valence-corrected chi connectivity index (χ3v) is 6.12. The number of hydrogen-bond donors (Lipinski definition) is 0. The smallest absolute Gasteiger partial charge is 0.410 e. The zero-order chi connectivity index (χ0) is 24.5. The van der Waals surface area contributed by atoms with Crippen LogP contribution in [0.1, 0.15) is 33.6 Å². The molecule has 3 aliphatic rings. The maximum absolute atomic E-state index is 15.4. The molecule has 8 nitrogen and oxygen atoms in total. The first-order chi connectivity index (χ1) is 16.2. The summed E-state index contributed by atoms with van der Waals surface area (Å²) in [4.78, 5) is 14.0. The fraction of sp³-hybridized carbons (Fsp3) is 0.542. The molecule has 2 aliphatic heterocycles. The standard InChI is InChI=1S/C24H29ClFN3O5/c1-24(2,3)34-23(30)29-12-14-5-9-18(29)21(26)22(14)33-20-10-8-17(27-28-20)16-7-6-15(25)11-19(16)32-13-31-4/h6-8,10-11,14,18,21-22H,5,9,12-13H2,1-4H3/t14?,18?,21-,22+/m1/s1. The summed E-state index contributed by atoms with van der Waals surface area (Å²) in [6.07, 6.45) is -1.18. The van der Waals surface area contributed by atoms with E-state index in [0.717, 1.165) is 6.42 Å². The Morgan fingerprint density at radius 1 is 1.21 bits per heavy atom. The summed E-state index contributed by atoms with van der Waals surface area (Å²) in [6.45, 7) is 5.84. The van der Waals surface area contributed by atoms with Gasteiger partial charge in [-0.15, -0.1) is 10.2 Å². The molecule has 1 amide bonds. The molecular weight excluding hydrogens is 465 g/mol. The maximum Gasteiger partial charge on any atom is 0.410 e. The highest BCUT2D eigenvalue weighted by Crippen LogP contribution is 2.40. The normalized spacial score (nSPS) is 24.1. The molecule has 1 aromatic heterocycles. The molecule has 34 heavy (non-hydrogen) atoms. The predicted molar refractivity (Wildman–Crippen MR) is 124 cm³/mol. The number of fused-ring (bicyclic) bond motifs is 3. The van der Waals surface area contributed by atoms with E-state index in [-0.39, 0.29) is 18.6 Å². The van der Waals surface area contributed by atoms with E-state index in [4.69, 9.17) is 30.5 Å². The number of amides is 1. The van der Waals surface area contributed by atoms with E-state index in [0.29, 0.717) is 35.0 Å². The summed E-state index contributed by atoms with van der Waals surface area (Å²) < 4.78 is 37.3. The van der Waals surface area contributed by atoms with Gasteiger partial charge in [0, 0.05) is 36.2 Å². The molecule has 5 rings (SSSR count). The predicted octanol–water partition coefficient (Wildman–Crippen LogP) is 4.89. The van der Waals surface area contributed by atoms with Gasteiger partial charge in [-0.1, -0.05) is 11.6 Å². The van der Waals surface area contributed by atoms with Crippen molar-refractivity contribution in [2.24, 2.45) is 5.92 Å². The second-order valence-electron chi connectivity index (χ2n) is 9.51. The minimum Gasteiger partial charge on any atom is -0.470 e. The Hall–Kier alpha value is -2.65. The molecule has 10 heteroatoms. The number of nitrogens with zero attached hydrogens (tertiary/aromatic N) is 3. The van der Waals surface area contributed by atoms with E-state index < -0.39 is 30.0 Å². The topological polar surface area (TPSA) is 83.0 Å². The Morgan fingerprint density at radius 2 is 2.00 bits per heavy atom. The van der Waals surface area contributed by atoms with Gasteiger partial charge in [0.15, 0.2) is 13.0 Å². The van der Waals surface area contributed by atoms with E-state index in [9.17, 15) is 4.79 Å². The lowest BCUT2D eigenvalue weighted by molar-refractivity contribution is -0.0981. The van der Waals surface area contributed by atoms with Gasteiger partial charge in [0.2, 0.25) is 5.88 Å². The number of aromatic nitrogens is 2. The van der Waals surface area contributed by atoms with Crippen molar-refractivity contribution in [3.8, 4) is 22.9 Å². The van der Waals surface area contributed by atoms with Crippen LogP contribution in [0.3, 0.4) is 0 Å². The Balaban J connectivity index is 1.45. The van der Waals surface area contributed by atoms with Crippen LogP contribution in [0.5, 0.6) is 11.6 Å². The molecule has 2 unspecified atom stereocenters. The Morgan fingerprint density at radius 3 is 2.65 bits per heavy atom. The maximum atomic E-state index is 15.4. The van der Waals surface area contributed by atoms with Gasteiger partial charge in [0.05, 0.1) is 11.7 Å². The molecule has 3 heterocycles. The number of alkyl halides is 1. The highest BCUT2D eigenvalue weighted by Gasteiger charge is 2.52. The van der Waals surface area contributed by atoms with Crippen LogP contribution in [0.2, 0.25) is 5.02 Å². The monoisotopic (exact) mass is 493 g/mol. The van der Waals surface area contributed by atoms with Crippen LogP contribution in [0, 0.1) is 5.92 Å². The lowest BCUT2D eigenvalue weighted by Gasteiger charge is -2.50. The van der Waals surface area contributed by atoms with Gasteiger partial charge in [-0.2, -0.15) is 0 Å². The first kappa shape index (κ1) is 24.5. The number of ether oxygens (including phenoxy) is 4. The summed E-state index contributed by atoms with van der Waals surface area (Å²) in [6, 6.07) is 7.98. The molecule has 2 bridgehead atoms. The molecule has 0 spiro atoms. The summed E-state index contributed by atoms with van der Waals surface area (Å²) in [5, 5.41) is 8.91. The number of benzene rings is 1. The molecule has 4 atom stereocenters. The fourth-order valence-electron chi connectivity index (χ4n) is 4.41. The number of piperidine rings is 2. The number of halogens is 2. The zero-order valence-corrected chi connectivity index (χ0v) is 20.4. The number of carbonyl (C=O) groups is 1. The van der Waals surface area contributed by atoms with E-state index >= 15 is 4.39 Å². The molecule has 0 N–H and O–H groups in total. The highest BCUT2D eigenvalue weighted by atomic mass is 35.5. The van der Waals surface area contributed by atoms with Crippen LogP contribution < -0.4 is 9.47 Å². The number of carbonyl (C=O) groups excluding carboxylic acids is 1. The summed E-state index contributed by atoms with van der Waals surface area (Å²) >= 11 is 6.08. The molecule has 1 aromatic carbocycles. The molecular formula is C24H29ClFN3O5. The molecule has 1 saturated carbocycles. The third-order valence-electron chi connectivity index (χ3n) is 5.89. The van der Waals surface area contributed by atoms with Crippen molar-refractivity contribution < 1.29 is 28.1 Å². The summed E-state index contributed by atoms with van der Waals surface area (Å²) in [5.74, 6) is 0.577.